The molecule has 0 bridgehead atoms. The predicted octanol–water partition coefficient (Wildman–Crippen LogP) is 2.47. The van der Waals surface area contributed by atoms with Gasteiger partial charge in [-0.1, -0.05) is 35.5 Å². The number of ether oxygens (including phenoxy) is 2. The Bertz CT molecular complexity index is 686. The topological polar surface area (TPSA) is 64.8 Å². The Labute approximate surface area is 147 Å². The number of benzene rings is 1. The fraction of sp³-hybridized carbons (Fsp3) is 0.474. The Morgan fingerprint density at radius 1 is 1.32 bits per heavy atom. The average Bonchev–Trinajstić information content (AvgIpc) is 3.22. The van der Waals surface area contributed by atoms with E-state index in [1.54, 1.807) is 14.0 Å². The number of aryl methyl sites for hydroxylation is 1. The average molecular weight is 344 g/mol. The summed E-state index contributed by atoms with van der Waals surface area (Å²) in [5.74, 6) is 0.504. The first-order chi connectivity index (χ1) is 12.2. The van der Waals surface area contributed by atoms with Gasteiger partial charge in [-0.2, -0.15) is 0 Å². The highest BCUT2D eigenvalue weighted by Crippen LogP contribution is 2.27. The molecule has 134 valence electrons. The van der Waals surface area contributed by atoms with Crippen LogP contribution in [0.2, 0.25) is 0 Å². The quantitative estimate of drug-likeness (QED) is 0.722. The van der Waals surface area contributed by atoms with Gasteiger partial charge in [-0.15, -0.1) is 0 Å². The van der Waals surface area contributed by atoms with E-state index in [2.05, 4.69) is 17.3 Å². The molecule has 6 nitrogen and oxygen atoms in total. The Balaban J connectivity index is 1.78. The van der Waals surface area contributed by atoms with Crippen LogP contribution in [0.5, 0.6) is 0 Å². The highest BCUT2D eigenvalue weighted by atomic mass is 16.5. The molecule has 0 radical (unpaired) electrons. The van der Waals surface area contributed by atoms with E-state index in [0.717, 1.165) is 12.8 Å². The number of methoxy groups -OCH3 is 1. The number of aromatic nitrogens is 1. The summed E-state index contributed by atoms with van der Waals surface area (Å²) >= 11 is 0. The normalized spacial score (nSPS) is 20.2. The summed E-state index contributed by atoms with van der Waals surface area (Å²) in [6, 6.07) is 10.2. The Morgan fingerprint density at radius 2 is 2.12 bits per heavy atom. The number of hydrogen-bond donors (Lipinski definition) is 0. The fourth-order valence-corrected chi connectivity index (χ4v) is 3.31. The first kappa shape index (κ1) is 17.6. The largest absolute Gasteiger partial charge is 0.382 e. The maximum absolute atomic E-state index is 13.0. The van der Waals surface area contributed by atoms with Gasteiger partial charge in [-0.3, -0.25) is 4.79 Å². The van der Waals surface area contributed by atoms with Gasteiger partial charge in [-0.05, 0) is 25.3 Å². The first-order valence-electron chi connectivity index (χ1n) is 8.57. The number of nitrogens with zero attached hydrogens (tertiary/aromatic N) is 2. The second-order valence-electron chi connectivity index (χ2n) is 6.24. The zero-order valence-corrected chi connectivity index (χ0v) is 14.7. The van der Waals surface area contributed by atoms with Crippen LogP contribution in [0.1, 0.15) is 28.1 Å². The number of amides is 1. The third kappa shape index (κ3) is 4.08. The summed E-state index contributed by atoms with van der Waals surface area (Å²) in [5, 5.41) is 3.73. The molecule has 1 aromatic heterocycles. The zero-order valence-electron chi connectivity index (χ0n) is 14.7. The van der Waals surface area contributed by atoms with E-state index in [-0.39, 0.29) is 18.1 Å². The highest BCUT2D eigenvalue weighted by molar-refractivity contribution is 5.95. The van der Waals surface area contributed by atoms with Gasteiger partial charge in [0.15, 0.2) is 0 Å². The van der Waals surface area contributed by atoms with Crippen LogP contribution in [-0.2, 0) is 15.9 Å². The second-order valence-corrected chi connectivity index (χ2v) is 6.24. The van der Waals surface area contributed by atoms with E-state index in [4.69, 9.17) is 14.0 Å². The van der Waals surface area contributed by atoms with Crippen LogP contribution in [0, 0.1) is 6.92 Å². The lowest BCUT2D eigenvalue weighted by atomic mass is 10.0. The third-order valence-electron chi connectivity index (χ3n) is 4.63. The van der Waals surface area contributed by atoms with Crippen molar-refractivity contribution in [2.75, 3.05) is 26.9 Å². The molecule has 1 aliphatic rings. The lowest BCUT2D eigenvalue weighted by Gasteiger charge is -2.28. The van der Waals surface area contributed by atoms with E-state index in [1.165, 1.54) is 11.8 Å². The molecular weight excluding hydrogens is 320 g/mol. The molecule has 2 atom stereocenters. The van der Waals surface area contributed by atoms with Gasteiger partial charge >= 0.3 is 0 Å². The second kappa shape index (κ2) is 8.27. The zero-order chi connectivity index (χ0) is 17.6. The smallest absolute Gasteiger partial charge is 0.259 e. The molecule has 1 fully saturated rings. The molecule has 2 heterocycles. The summed E-state index contributed by atoms with van der Waals surface area (Å²) in [6.07, 6.45) is 3.07. The lowest BCUT2D eigenvalue weighted by molar-refractivity contribution is 0.000473. The van der Waals surface area contributed by atoms with Crippen LogP contribution < -0.4 is 0 Å². The van der Waals surface area contributed by atoms with Crippen molar-refractivity contribution in [3.63, 3.8) is 0 Å². The molecule has 6 heteroatoms. The number of likely N-dealkylation sites (tertiary alicyclic amines) is 1. The van der Waals surface area contributed by atoms with Crippen molar-refractivity contribution in [3.8, 4) is 0 Å². The van der Waals surface area contributed by atoms with E-state index in [0.29, 0.717) is 31.1 Å². The van der Waals surface area contributed by atoms with Crippen molar-refractivity contribution in [1.82, 2.24) is 10.1 Å². The van der Waals surface area contributed by atoms with E-state index < -0.39 is 0 Å². The van der Waals surface area contributed by atoms with Gasteiger partial charge in [0.25, 0.3) is 5.91 Å². The minimum Gasteiger partial charge on any atom is -0.382 e. The molecule has 1 aliphatic heterocycles. The minimum atomic E-state index is -0.0440. The van der Waals surface area contributed by atoms with Crippen LogP contribution in [0.4, 0.5) is 0 Å². The number of hydrogen-bond acceptors (Lipinski definition) is 5. The maximum atomic E-state index is 13.0. The standard InChI is InChI=1S/C19H24N2O4/c1-14-16(13-20-25-14)19(22)21-9-8-18(24-11-10-23-2)17(21)12-15-6-4-3-5-7-15/h3-7,13,17-18H,8-12H2,1-2H3/t17-,18-/m1/s1. The number of carbonyl (C=O) groups is 1. The molecule has 25 heavy (non-hydrogen) atoms. The SMILES string of the molecule is COCCO[C@@H]1CCN(C(=O)c2cnoc2C)[C@@H]1Cc1ccccc1. The molecule has 2 aromatic rings. The van der Waals surface area contributed by atoms with Crippen molar-refractivity contribution in [3.05, 3.63) is 53.4 Å². The van der Waals surface area contributed by atoms with Gasteiger partial charge in [0.05, 0.1) is 31.6 Å². The summed E-state index contributed by atoms with van der Waals surface area (Å²) < 4.78 is 16.1. The van der Waals surface area contributed by atoms with Gasteiger partial charge in [0.1, 0.15) is 11.3 Å². The van der Waals surface area contributed by atoms with Gasteiger partial charge in [0, 0.05) is 13.7 Å². The summed E-state index contributed by atoms with van der Waals surface area (Å²) in [6.45, 7) is 3.50. The minimum absolute atomic E-state index is 0.000488. The number of carbonyl (C=O) groups excluding carboxylic acids is 1. The molecule has 0 N–H and O–H groups in total. The predicted molar refractivity (Wildman–Crippen MR) is 92.4 cm³/mol. The van der Waals surface area contributed by atoms with Gasteiger partial charge < -0.3 is 18.9 Å². The van der Waals surface area contributed by atoms with E-state index >= 15 is 0 Å². The summed E-state index contributed by atoms with van der Waals surface area (Å²) in [7, 11) is 1.66. The van der Waals surface area contributed by atoms with Crippen molar-refractivity contribution in [1.29, 1.82) is 0 Å². The molecule has 0 aliphatic carbocycles. The van der Waals surface area contributed by atoms with Crippen LogP contribution in [0.3, 0.4) is 0 Å². The molecular formula is C19H24N2O4. The monoisotopic (exact) mass is 344 g/mol. The summed E-state index contributed by atoms with van der Waals surface area (Å²) in [5.41, 5.74) is 1.71. The van der Waals surface area contributed by atoms with Crippen molar-refractivity contribution >= 4 is 5.91 Å². The summed E-state index contributed by atoms with van der Waals surface area (Å²) in [4.78, 5) is 14.8. The van der Waals surface area contributed by atoms with Crippen LogP contribution in [0.25, 0.3) is 0 Å². The van der Waals surface area contributed by atoms with Gasteiger partial charge in [-0.25, -0.2) is 0 Å². The molecule has 3 rings (SSSR count). The molecule has 0 unspecified atom stereocenters. The Hall–Kier alpha value is -2.18. The maximum Gasteiger partial charge on any atom is 0.259 e. The van der Waals surface area contributed by atoms with E-state index in [1.807, 2.05) is 23.1 Å². The first-order valence-corrected chi connectivity index (χ1v) is 8.57. The fourth-order valence-electron chi connectivity index (χ4n) is 3.31. The Morgan fingerprint density at radius 3 is 2.80 bits per heavy atom. The van der Waals surface area contributed by atoms with Crippen LogP contribution in [0.15, 0.2) is 41.1 Å². The van der Waals surface area contributed by atoms with E-state index in [9.17, 15) is 4.79 Å². The molecule has 1 saturated heterocycles. The van der Waals surface area contributed by atoms with Crippen molar-refractivity contribution in [2.45, 2.75) is 31.9 Å². The highest BCUT2D eigenvalue weighted by Gasteiger charge is 2.38. The van der Waals surface area contributed by atoms with Crippen LogP contribution in [-0.4, -0.2) is 55.0 Å². The lowest BCUT2D eigenvalue weighted by Crippen LogP contribution is -2.42. The Kier molecular flexibility index (Phi) is 5.83. The van der Waals surface area contributed by atoms with Crippen LogP contribution >= 0.6 is 0 Å². The van der Waals surface area contributed by atoms with Crippen molar-refractivity contribution < 1.29 is 18.8 Å². The molecule has 0 saturated carbocycles. The van der Waals surface area contributed by atoms with Crippen molar-refractivity contribution in [2.24, 2.45) is 0 Å². The van der Waals surface area contributed by atoms with Gasteiger partial charge in [0.2, 0.25) is 0 Å². The number of rotatable bonds is 7. The molecule has 1 aromatic carbocycles. The third-order valence-corrected chi connectivity index (χ3v) is 4.63. The molecule has 0 spiro atoms. The molecule has 1 amide bonds.